The fourth-order valence-corrected chi connectivity index (χ4v) is 5.22. The normalized spacial score (nSPS) is 11.5. The van der Waals surface area contributed by atoms with Gasteiger partial charge < -0.3 is 47.4 Å². The first-order valence-corrected chi connectivity index (χ1v) is 18.9. The molecule has 0 spiro atoms. The number of methoxy groups -OCH3 is 2. The molecule has 12 heteroatoms. The molecule has 1 aromatic rings. The predicted molar refractivity (Wildman–Crippen MR) is 192 cm³/mol. The van der Waals surface area contributed by atoms with Crippen LogP contribution in [0.15, 0.2) is 21.1 Å². The maximum Gasteiger partial charge on any atom is 0.145 e. The SMILES string of the molecule is CCCCCCCCCCCCOc1cc(Br)c(OC(COCCOCCOCCOC)COCCOCCOCCOC)cc1Br. The number of hydrogen-bond donors (Lipinski definition) is 0. The molecule has 1 rings (SSSR count). The molecule has 0 aliphatic heterocycles. The third-order valence-electron chi connectivity index (χ3n) is 6.99. The summed E-state index contributed by atoms with van der Waals surface area (Å²) in [6.45, 7) is 9.71. The fourth-order valence-electron chi connectivity index (χ4n) is 4.37. The number of unbranched alkanes of at least 4 members (excludes halogenated alkanes) is 9. The second-order valence-corrected chi connectivity index (χ2v) is 12.8. The highest BCUT2D eigenvalue weighted by Gasteiger charge is 2.16. The van der Waals surface area contributed by atoms with E-state index in [9.17, 15) is 0 Å². The average molecular weight is 803 g/mol. The van der Waals surface area contributed by atoms with Crippen LogP contribution in [0.1, 0.15) is 71.1 Å². The molecule has 0 bridgehead atoms. The molecule has 0 radical (unpaired) electrons. The van der Waals surface area contributed by atoms with E-state index in [4.69, 9.17) is 47.4 Å². The van der Waals surface area contributed by atoms with Crippen molar-refractivity contribution in [2.45, 2.75) is 77.2 Å². The Bertz CT molecular complexity index is 797. The van der Waals surface area contributed by atoms with Gasteiger partial charge in [-0.25, -0.2) is 0 Å². The van der Waals surface area contributed by atoms with Gasteiger partial charge in [-0.15, -0.1) is 0 Å². The van der Waals surface area contributed by atoms with Gasteiger partial charge in [-0.2, -0.15) is 0 Å². The topological polar surface area (TPSA) is 92.3 Å². The first kappa shape index (κ1) is 44.5. The lowest BCUT2D eigenvalue weighted by Gasteiger charge is -2.21. The number of halogens is 2. The molecule has 0 heterocycles. The molecule has 0 aliphatic rings. The van der Waals surface area contributed by atoms with Gasteiger partial charge in [0.05, 0.1) is 108 Å². The Morgan fingerprint density at radius 3 is 1.32 bits per heavy atom. The maximum absolute atomic E-state index is 6.33. The summed E-state index contributed by atoms with van der Waals surface area (Å²) in [5, 5.41) is 0. The first-order chi connectivity index (χ1) is 23.1. The molecule has 0 unspecified atom stereocenters. The van der Waals surface area contributed by atoms with Crippen molar-refractivity contribution in [3.05, 3.63) is 21.1 Å². The number of benzene rings is 1. The molecular formula is C35H62Br2O10. The van der Waals surface area contributed by atoms with Crippen LogP contribution in [-0.4, -0.2) is 119 Å². The van der Waals surface area contributed by atoms with Crippen LogP contribution in [-0.2, 0) is 37.9 Å². The fraction of sp³-hybridized carbons (Fsp3) is 0.829. The minimum absolute atomic E-state index is 0.336. The summed E-state index contributed by atoms with van der Waals surface area (Å²) in [5.74, 6) is 1.46. The van der Waals surface area contributed by atoms with Gasteiger partial charge in [-0.05, 0) is 50.4 Å². The molecule has 47 heavy (non-hydrogen) atoms. The Balaban J connectivity index is 2.44. The molecule has 0 fully saturated rings. The van der Waals surface area contributed by atoms with Gasteiger partial charge in [0.1, 0.15) is 17.6 Å². The minimum atomic E-state index is -0.341. The van der Waals surface area contributed by atoms with E-state index in [1.54, 1.807) is 14.2 Å². The van der Waals surface area contributed by atoms with Crippen LogP contribution >= 0.6 is 31.9 Å². The van der Waals surface area contributed by atoms with Crippen molar-refractivity contribution in [3.63, 3.8) is 0 Å². The van der Waals surface area contributed by atoms with Crippen LogP contribution in [0.4, 0.5) is 0 Å². The Kier molecular flexibility index (Phi) is 32.1. The van der Waals surface area contributed by atoms with E-state index in [0.717, 1.165) is 21.1 Å². The van der Waals surface area contributed by atoms with Gasteiger partial charge in [-0.3, -0.25) is 0 Å². The lowest BCUT2D eigenvalue weighted by atomic mass is 10.1. The third kappa shape index (κ3) is 26.9. The summed E-state index contributed by atoms with van der Waals surface area (Å²) in [4.78, 5) is 0. The lowest BCUT2D eigenvalue weighted by Crippen LogP contribution is -2.30. The highest BCUT2D eigenvalue weighted by molar-refractivity contribution is 9.11. The number of hydrogen-bond acceptors (Lipinski definition) is 10. The van der Waals surface area contributed by atoms with Crippen molar-refractivity contribution in [2.75, 3.05) is 113 Å². The highest BCUT2D eigenvalue weighted by atomic mass is 79.9. The molecule has 0 atom stereocenters. The molecule has 1 aromatic carbocycles. The van der Waals surface area contributed by atoms with E-state index >= 15 is 0 Å². The van der Waals surface area contributed by atoms with Crippen LogP contribution in [0.5, 0.6) is 11.5 Å². The van der Waals surface area contributed by atoms with Crippen molar-refractivity contribution in [1.29, 1.82) is 0 Å². The van der Waals surface area contributed by atoms with Crippen molar-refractivity contribution in [3.8, 4) is 11.5 Å². The summed E-state index contributed by atoms with van der Waals surface area (Å²) >= 11 is 7.32. The zero-order chi connectivity index (χ0) is 34.0. The van der Waals surface area contributed by atoms with Crippen LogP contribution < -0.4 is 9.47 Å². The van der Waals surface area contributed by atoms with Gasteiger partial charge in [0, 0.05) is 14.2 Å². The van der Waals surface area contributed by atoms with E-state index in [-0.39, 0.29) is 6.10 Å². The van der Waals surface area contributed by atoms with Crippen molar-refractivity contribution >= 4 is 31.9 Å². The zero-order valence-corrected chi connectivity index (χ0v) is 32.4. The standard InChI is InChI=1S/C35H62Br2O10/c1-4-5-6-7-8-9-10-11-12-13-14-46-34-27-33(37)35(28-32(34)36)47-31(29-44-25-23-42-21-19-40-17-15-38-2)30-45-26-24-43-22-20-41-18-16-39-3/h27-28,31H,4-26,29-30H2,1-3H3. The summed E-state index contributed by atoms with van der Waals surface area (Å²) < 4.78 is 57.7. The van der Waals surface area contributed by atoms with Gasteiger partial charge in [0.25, 0.3) is 0 Å². The van der Waals surface area contributed by atoms with E-state index in [1.807, 2.05) is 12.1 Å². The molecule has 0 saturated heterocycles. The Morgan fingerprint density at radius 1 is 0.468 bits per heavy atom. The van der Waals surface area contributed by atoms with Gasteiger partial charge in [0.2, 0.25) is 0 Å². The zero-order valence-electron chi connectivity index (χ0n) is 29.2. The lowest BCUT2D eigenvalue weighted by molar-refractivity contribution is -0.0408. The molecule has 0 saturated carbocycles. The van der Waals surface area contributed by atoms with Crippen molar-refractivity contribution in [2.24, 2.45) is 0 Å². The minimum Gasteiger partial charge on any atom is -0.492 e. The Morgan fingerprint density at radius 2 is 0.851 bits per heavy atom. The average Bonchev–Trinajstić information content (AvgIpc) is 3.07. The molecule has 0 aromatic heterocycles. The maximum atomic E-state index is 6.33. The third-order valence-corrected chi connectivity index (χ3v) is 8.23. The van der Waals surface area contributed by atoms with Gasteiger partial charge >= 0.3 is 0 Å². The second-order valence-electron chi connectivity index (χ2n) is 11.1. The van der Waals surface area contributed by atoms with Crippen molar-refractivity contribution in [1.82, 2.24) is 0 Å². The van der Waals surface area contributed by atoms with E-state index in [0.29, 0.717) is 105 Å². The summed E-state index contributed by atoms with van der Waals surface area (Å²) in [6.07, 6.45) is 12.6. The molecular weight excluding hydrogens is 740 g/mol. The summed E-state index contributed by atoms with van der Waals surface area (Å²) in [5.41, 5.74) is 0. The summed E-state index contributed by atoms with van der Waals surface area (Å²) in [6, 6.07) is 3.87. The van der Waals surface area contributed by atoms with E-state index in [1.165, 1.54) is 57.8 Å². The van der Waals surface area contributed by atoms with E-state index in [2.05, 4.69) is 38.8 Å². The largest absolute Gasteiger partial charge is 0.492 e. The molecule has 0 aliphatic carbocycles. The first-order valence-electron chi connectivity index (χ1n) is 17.3. The summed E-state index contributed by atoms with van der Waals surface area (Å²) in [7, 11) is 3.30. The van der Waals surface area contributed by atoms with Gasteiger partial charge in [-0.1, -0.05) is 64.7 Å². The molecule has 276 valence electrons. The molecule has 0 amide bonds. The van der Waals surface area contributed by atoms with Crippen molar-refractivity contribution < 1.29 is 47.4 Å². The van der Waals surface area contributed by atoms with Crippen LogP contribution in [0.25, 0.3) is 0 Å². The van der Waals surface area contributed by atoms with Crippen LogP contribution in [0.3, 0.4) is 0 Å². The Hall–Kier alpha value is -0.540. The van der Waals surface area contributed by atoms with Crippen LogP contribution in [0, 0.1) is 0 Å². The second kappa shape index (κ2) is 33.9. The number of rotatable bonds is 36. The van der Waals surface area contributed by atoms with Gasteiger partial charge in [0.15, 0.2) is 0 Å². The van der Waals surface area contributed by atoms with Crippen LogP contribution in [0.2, 0.25) is 0 Å². The molecule has 0 N–H and O–H groups in total. The Labute approximate surface area is 301 Å². The smallest absolute Gasteiger partial charge is 0.145 e. The molecule has 10 nitrogen and oxygen atoms in total. The quantitative estimate of drug-likeness (QED) is 0.0631. The number of ether oxygens (including phenoxy) is 10. The predicted octanol–water partition coefficient (Wildman–Crippen LogP) is 7.65. The monoisotopic (exact) mass is 800 g/mol. The van der Waals surface area contributed by atoms with E-state index < -0.39 is 0 Å². The highest BCUT2D eigenvalue weighted by Crippen LogP contribution is 2.37.